The van der Waals surface area contributed by atoms with Gasteiger partial charge in [0.15, 0.2) is 0 Å². The largest absolute Gasteiger partial charge is 1.00 e. The van der Waals surface area contributed by atoms with Crippen molar-refractivity contribution < 1.29 is 66.0 Å². The number of hydrogen-bond acceptors (Lipinski definition) is 5. The van der Waals surface area contributed by atoms with Gasteiger partial charge in [-0.3, -0.25) is 7.05 Å². The summed E-state index contributed by atoms with van der Waals surface area (Å²) in [5.74, 6) is -0.465. The van der Waals surface area contributed by atoms with Gasteiger partial charge < -0.3 is 33.5 Å². The van der Waals surface area contributed by atoms with Crippen LogP contribution < -0.4 is 62.0 Å². The molecule has 0 bridgehead atoms. The van der Waals surface area contributed by atoms with Crippen molar-refractivity contribution in [1.29, 1.82) is 0 Å². The zero-order chi connectivity index (χ0) is 25.7. The van der Waals surface area contributed by atoms with Crippen LogP contribution >= 0.6 is 11.6 Å². The number of benzene rings is 2. The third-order valence-corrected chi connectivity index (χ3v) is 5.99. The molecule has 1 saturated carbocycles. The molecule has 2 aromatic carbocycles. The topological polar surface area (TPSA) is 69.7 Å². The van der Waals surface area contributed by atoms with E-state index in [0.29, 0.717) is 32.4 Å². The number of hydrogen-bond donors (Lipinski definition) is 3. The quantitative estimate of drug-likeness (QED) is 0.230. The van der Waals surface area contributed by atoms with E-state index in [4.69, 9.17) is 35.1 Å². The third kappa shape index (κ3) is 11.2. The van der Waals surface area contributed by atoms with Crippen LogP contribution in [0.25, 0.3) is 11.1 Å². The van der Waals surface area contributed by atoms with Crippen molar-refractivity contribution in [2.75, 3.05) is 12.0 Å². The molecule has 1 fully saturated rings. The number of nitrogens with two attached hydrogens (primary N) is 1. The van der Waals surface area contributed by atoms with Gasteiger partial charge in [0, 0.05) is 24.1 Å². The van der Waals surface area contributed by atoms with Gasteiger partial charge in [-0.1, -0.05) is 68.3 Å². The summed E-state index contributed by atoms with van der Waals surface area (Å²) in [6.45, 7) is 3.27. The van der Waals surface area contributed by atoms with Crippen LogP contribution in [0.15, 0.2) is 58.8 Å². The van der Waals surface area contributed by atoms with E-state index in [-0.39, 0.29) is 56.9 Å². The number of allylic oxidation sites excluding steroid dienone is 3. The van der Waals surface area contributed by atoms with Crippen LogP contribution in [0.2, 0.25) is 5.02 Å². The molecule has 0 radical (unpaired) electrons. The minimum atomic E-state index is -0.465. The average molecular weight is 546 g/mol. The Morgan fingerprint density at radius 2 is 1.69 bits per heavy atom. The van der Waals surface area contributed by atoms with Crippen molar-refractivity contribution in [3.8, 4) is 11.1 Å². The fourth-order valence-corrected chi connectivity index (χ4v) is 4.14. The van der Waals surface area contributed by atoms with Gasteiger partial charge in [0.25, 0.3) is 0 Å². The maximum atomic E-state index is 13.6. The number of nitrogens with zero attached hydrogens (tertiary/aromatic N) is 1. The molecular weight excluding hydrogens is 510 g/mol. The summed E-state index contributed by atoms with van der Waals surface area (Å²) in [5, 5.41) is 16.7. The predicted octanol–water partition coefficient (Wildman–Crippen LogP) is 3.86. The molecule has 0 aromatic heterocycles. The summed E-state index contributed by atoms with van der Waals surface area (Å²) in [4.78, 5) is 2.20. The van der Waals surface area contributed by atoms with Gasteiger partial charge in [-0.2, -0.15) is 4.90 Å². The Labute approximate surface area is 263 Å². The molecule has 0 spiro atoms. The molecule has 0 unspecified atom stereocenters. The van der Waals surface area contributed by atoms with Crippen molar-refractivity contribution in [3.05, 3.63) is 77.3 Å². The fraction of sp³-hybridized carbons (Fsp3) is 0.370. The minimum Gasteiger partial charge on any atom is -0.778 e. The van der Waals surface area contributed by atoms with Gasteiger partial charge in [-0.25, -0.2) is 4.39 Å². The Balaban J connectivity index is 0.00000110. The normalized spacial score (nSPS) is 13.5. The van der Waals surface area contributed by atoms with E-state index in [0.717, 1.165) is 12.8 Å². The summed E-state index contributed by atoms with van der Waals surface area (Å²) in [7, 11) is 5.03. The number of aliphatic hydroxyl groups is 2. The zero-order valence-corrected chi connectivity index (χ0v) is 26.0. The summed E-state index contributed by atoms with van der Waals surface area (Å²) < 4.78 is 13.6. The maximum absolute atomic E-state index is 13.6. The van der Waals surface area contributed by atoms with Gasteiger partial charge in [0.2, 0.25) is 0 Å². The number of anilines is 1. The first-order chi connectivity index (χ1) is 16.3. The number of halogens is 2. The van der Waals surface area contributed by atoms with Crippen LogP contribution in [0.1, 0.15) is 57.9 Å². The van der Waals surface area contributed by atoms with E-state index in [1.807, 2.05) is 13.0 Å². The van der Waals surface area contributed by atoms with E-state index in [1.165, 1.54) is 44.6 Å². The van der Waals surface area contributed by atoms with E-state index in [1.54, 1.807) is 42.2 Å². The first-order valence-corrected chi connectivity index (χ1v) is 12.1. The molecule has 188 valence electrons. The summed E-state index contributed by atoms with van der Waals surface area (Å²) >= 11 is 12.0. The maximum Gasteiger partial charge on any atom is 1.00 e. The molecule has 4 N–H and O–H groups in total. The van der Waals surface area contributed by atoms with E-state index in [9.17, 15) is 9.50 Å². The summed E-state index contributed by atoms with van der Waals surface area (Å²) in [5.41, 5.74) is 9.38. The Morgan fingerprint density at radius 3 is 2.14 bits per heavy atom. The second kappa shape index (κ2) is 18.7. The van der Waals surface area contributed by atoms with Crippen molar-refractivity contribution in [1.82, 2.24) is 0 Å². The van der Waals surface area contributed by atoms with Crippen LogP contribution in [0, 0.1) is 12.9 Å². The van der Waals surface area contributed by atoms with Crippen molar-refractivity contribution in [3.63, 3.8) is 0 Å². The van der Waals surface area contributed by atoms with Crippen LogP contribution in [-0.2, 0) is 19.2 Å². The van der Waals surface area contributed by atoms with Crippen LogP contribution in [-0.4, -0.2) is 17.3 Å². The summed E-state index contributed by atoms with van der Waals surface area (Å²) in [6, 6.07) is 7.92. The predicted molar refractivity (Wildman–Crippen MR) is 144 cm³/mol. The second-order valence-electron chi connectivity index (χ2n) is 7.92. The standard InChI is InChI=1S/C20H21ClFN2OS.C6H12.CH4O.K/c1-4-15(7-12(2)23)24(3)19-10-17(21)16(9-20(19)26)13-5-6-18(22)14(8-13)11-25;1-2-4-6-5-3-1;1-2;/h4-10,25-26H,3,11,23H2,1-2H3;1-6H2;2H,1H3;/q-1;;;+1/p-1/b12-7+,15-4+;;;. The van der Waals surface area contributed by atoms with Gasteiger partial charge in [0.05, 0.1) is 11.6 Å². The minimum absolute atomic E-state index is 0. The molecule has 1 aliphatic rings. The average Bonchev–Trinajstić information content (AvgIpc) is 2.86. The zero-order valence-electron chi connectivity index (χ0n) is 21.3. The van der Waals surface area contributed by atoms with Gasteiger partial charge in [-0.05, 0) is 54.9 Å². The Bertz CT molecular complexity index is 966. The molecule has 0 saturated heterocycles. The molecule has 2 aromatic rings. The molecule has 0 aliphatic heterocycles. The molecule has 3 rings (SSSR count). The summed E-state index contributed by atoms with van der Waals surface area (Å²) in [6.07, 6.45) is 12.7. The van der Waals surface area contributed by atoms with Crippen LogP contribution in [0.4, 0.5) is 10.1 Å². The first-order valence-electron chi connectivity index (χ1n) is 11.3. The molecule has 1 aliphatic carbocycles. The van der Waals surface area contributed by atoms with Crippen LogP contribution in [0.3, 0.4) is 0 Å². The van der Waals surface area contributed by atoms with Crippen molar-refractivity contribution >= 4 is 29.9 Å². The molecule has 4 nitrogen and oxygen atoms in total. The molecule has 35 heavy (non-hydrogen) atoms. The smallest absolute Gasteiger partial charge is 0.778 e. The Hall–Kier alpha value is -0.484. The molecule has 0 heterocycles. The van der Waals surface area contributed by atoms with E-state index < -0.39 is 12.4 Å². The molecular formula is C27H36ClFKN2O2S-. The first kappa shape index (κ1) is 34.5. The Morgan fingerprint density at radius 1 is 1.14 bits per heavy atom. The third-order valence-electron chi connectivity index (χ3n) is 5.35. The number of aliphatic hydroxyl groups excluding tert-OH is 2. The second-order valence-corrected chi connectivity index (χ2v) is 8.76. The van der Waals surface area contributed by atoms with Gasteiger partial charge in [-0.15, -0.1) is 0 Å². The SMILES string of the molecule is C1CCCCC1.CO.[CH2-]N(C(/C=C(\C)N)=C/C)c1cc(Cl)c(-c2ccc(F)c(CO)c2)cc1[S-].[K+]. The van der Waals surface area contributed by atoms with Gasteiger partial charge >= 0.3 is 51.4 Å². The van der Waals surface area contributed by atoms with Crippen molar-refractivity contribution in [2.45, 2.75) is 63.9 Å². The van der Waals surface area contributed by atoms with Crippen LogP contribution in [0.5, 0.6) is 0 Å². The Kier molecular flexibility index (Phi) is 18.5. The van der Waals surface area contributed by atoms with Gasteiger partial charge in [0.1, 0.15) is 5.82 Å². The fourth-order valence-electron chi connectivity index (χ4n) is 3.59. The molecule has 0 atom stereocenters. The molecule has 8 heteroatoms. The monoisotopic (exact) mass is 545 g/mol. The van der Waals surface area contributed by atoms with Crippen molar-refractivity contribution in [2.24, 2.45) is 5.73 Å². The number of rotatable bonds is 5. The molecule has 0 amide bonds. The van der Waals surface area contributed by atoms with E-state index >= 15 is 0 Å². The van der Waals surface area contributed by atoms with E-state index in [2.05, 4.69) is 7.05 Å².